The van der Waals surface area contributed by atoms with Gasteiger partial charge in [0, 0.05) is 5.92 Å². The van der Waals surface area contributed by atoms with Gasteiger partial charge >= 0.3 is 13.1 Å². The number of ether oxygens (including phenoxy) is 1. The van der Waals surface area contributed by atoms with Crippen LogP contribution in [0.1, 0.15) is 49.0 Å². The number of likely N-dealkylation sites (tertiary alicyclic amines) is 1. The maximum atomic E-state index is 12.6. The van der Waals surface area contributed by atoms with Gasteiger partial charge in [0.2, 0.25) is 5.91 Å². The summed E-state index contributed by atoms with van der Waals surface area (Å²) in [6.07, 6.45) is 3.68. The van der Waals surface area contributed by atoms with Crippen LogP contribution in [0.5, 0.6) is 11.5 Å². The number of nitrogens with zero attached hydrogens (tertiary/aromatic N) is 1. The van der Waals surface area contributed by atoms with Crippen LogP contribution in [0.25, 0.3) is 0 Å². The molecule has 2 fully saturated rings. The largest absolute Gasteiger partial charge is 0.535 e. The third-order valence-electron chi connectivity index (χ3n) is 6.10. The highest BCUT2D eigenvalue weighted by atomic mass is 16.5. The number of hydrogen-bond acceptors (Lipinski definition) is 5. The van der Waals surface area contributed by atoms with E-state index in [0.717, 1.165) is 24.8 Å². The van der Waals surface area contributed by atoms with E-state index in [0.29, 0.717) is 25.8 Å². The fraction of sp³-hybridized carbons (Fsp3) is 0.600. The van der Waals surface area contributed by atoms with E-state index in [9.17, 15) is 19.7 Å². The summed E-state index contributed by atoms with van der Waals surface area (Å²) in [4.78, 5) is 26.2. The maximum Gasteiger partial charge on any atom is 0.522 e. The number of carbonyl (C=O) groups excluding carboxylic acids is 1. The molecule has 150 valence electrons. The predicted molar refractivity (Wildman–Crippen MR) is 103 cm³/mol. The van der Waals surface area contributed by atoms with Gasteiger partial charge in [-0.05, 0) is 49.0 Å². The first-order valence-electron chi connectivity index (χ1n) is 9.93. The van der Waals surface area contributed by atoms with Crippen LogP contribution in [-0.2, 0) is 11.2 Å². The highest BCUT2D eigenvalue weighted by Gasteiger charge is 2.41. The first-order valence-corrected chi connectivity index (χ1v) is 9.93. The lowest BCUT2D eigenvalue weighted by Crippen LogP contribution is -2.57. The molecule has 1 saturated carbocycles. The summed E-state index contributed by atoms with van der Waals surface area (Å²) in [6, 6.07) is 3.43. The molecule has 0 aromatic heterocycles. The third-order valence-corrected chi connectivity index (χ3v) is 6.10. The number of aryl methyl sites for hydroxylation is 1. The van der Waals surface area contributed by atoms with E-state index in [2.05, 4.69) is 13.8 Å². The normalized spacial score (nSPS) is 23.6. The lowest BCUT2D eigenvalue weighted by molar-refractivity contribution is -0.144. The first kappa shape index (κ1) is 19.1. The molecule has 8 heteroatoms. The van der Waals surface area contributed by atoms with Gasteiger partial charge in [-0.15, -0.1) is 0 Å². The van der Waals surface area contributed by atoms with E-state index in [-0.39, 0.29) is 40.4 Å². The molecule has 28 heavy (non-hydrogen) atoms. The van der Waals surface area contributed by atoms with Crippen molar-refractivity contribution in [1.82, 2.24) is 4.90 Å². The van der Waals surface area contributed by atoms with Gasteiger partial charge in [0.1, 0.15) is 23.2 Å². The fourth-order valence-corrected chi connectivity index (χ4v) is 4.49. The SMILES string of the molecule is CC1(C)CC[C@H](C(=O)N2CC(Oc3ccc4c(c3C(=O)O)OB(O)CC4)C2)C1. The Morgan fingerprint density at radius 2 is 2.07 bits per heavy atom. The zero-order valence-corrected chi connectivity index (χ0v) is 16.3. The van der Waals surface area contributed by atoms with Crippen molar-refractivity contribution in [3.8, 4) is 11.5 Å². The summed E-state index contributed by atoms with van der Waals surface area (Å²) < 4.78 is 11.3. The second-order valence-corrected chi connectivity index (χ2v) is 8.93. The standard InChI is InChI=1S/C20H26BNO6/c1-20(2)7-5-13(9-20)18(23)22-10-14(11-22)27-15-4-3-12-6-8-21(26)28-17(12)16(15)19(24)25/h3-4,13-14,26H,5-11H2,1-2H3,(H,24,25)/t13-/m0/s1. The molecule has 1 aromatic rings. The van der Waals surface area contributed by atoms with Crippen molar-refractivity contribution >= 4 is 19.0 Å². The molecule has 1 saturated heterocycles. The van der Waals surface area contributed by atoms with Crippen LogP contribution in [0.2, 0.25) is 6.32 Å². The van der Waals surface area contributed by atoms with Crippen molar-refractivity contribution in [3.63, 3.8) is 0 Å². The number of carbonyl (C=O) groups is 2. The molecular weight excluding hydrogens is 361 g/mol. The number of hydrogen-bond donors (Lipinski definition) is 2. The van der Waals surface area contributed by atoms with Crippen LogP contribution >= 0.6 is 0 Å². The Morgan fingerprint density at radius 1 is 1.32 bits per heavy atom. The molecule has 3 aliphatic rings. The molecule has 0 spiro atoms. The third kappa shape index (κ3) is 3.57. The van der Waals surface area contributed by atoms with E-state index in [1.807, 2.05) is 0 Å². The zero-order valence-electron chi connectivity index (χ0n) is 16.3. The van der Waals surface area contributed by atoms with Crippen LogP contribution in [0.4, 0.5) is 0 Å². The minimum absolute atomic E-state index is 0.0569. The summed E-state index contributed by atoms with van der Waals surface area (Å²) in [5.41, 5.74) is 0.924. The quantitative estimate of drug-likeness (QED) is 0.770. The summed E-state index contributed by atoms with van der Waals surface area (Å²) in [5.74, 6) is -0.477. The molecule has 2 aliphatic heterocycles. The summed E-state index contributed by atoms with van der Waals surface area (Å²) >= 11 is 0. The number of benzene rings is 1. The molecular formula is C20H26BNO6. The second-order valence-electron chi connectivity index (χ2n) is 8.93. The molecule has 0 radical (unpaired) electrons. The number of rotatable bonds is 4. The van der Waals surface area contributed by atoms with E-state index < -0.39 is 13.1 Å². The molecule has 2 heterocycles. The van der Waals surface area contributed by atoms with E-state index in [4.69, 9.17) is 9.39 Å². The van der Waals surface area contributed by atoms with Crippen LogP contribution in [-0.4, -0.2) is 53.2 Å². The van der Waals surface area contributed by atoms with Crippen LogP contribution in [0.3, 0.4) is 0 Å². The number of fused-ring (bicyclic) bond motifs is 1. The molecule has 0 unspecified atom stereocenters. The average molecular weight is 387 g/mol. The average Bonchev–Trinajstić information content (AvgIpc) is 2.96. The number of amides is 1. The summed E-state index contributed by atoms with van der Waals surface area (Å²) in [6.45, 7) is 5.33. The Kier molecular flexibility index (Phi) is 4.77. The summed E-state index contributed by atoms with van der Waals surface area (Å²) in [5, 5.41) is 19.4. The maximum absolute atomic E-state index is 12.6. The van der Waals surface area contributed by atoms with Gasteiger partial charge < -0.3 is 24.4 Å². The van der Waals surface area contributed by atoms with E-state index >= 15 is 0 Å². The fourth-order valence-electron chi connectivity index (χ4n) is 4.49. The molecule has 7 nitrogen and oxygen atoms in total. The van der Waals surface area contributed by atoms with Crippen molar-refractivity contribution in [2.45, 2.75) is 52.0 Å². The Balaban J connectivity index is 1.42. The Bertz CT molecular complexity index is 804. The highest BCUT2D eigenvalue weighted by Crippen LogP contribution is 2.42. The lowest BCUT2D eigenvalue weighted by atomic mass is 9.78. The molecule has 4 rings (SSSR count). The van der Waals surface area contributed by atoms with E-state index in [1.165, 1.54) is 0 Å². The molecule has 1 amide bonds. The molecule has 1 aliphatic carbocycles. The molecule has 1 aromatic carbocycles. The molecule has 1 atom stereocenters. The van der Waals surface area contributed by atoms with Crippen LogP contribution in [0, 0.1) is 11.3 Å². The van der Waals surface area contributed by atoms with Gasteiger partial charge in [0.05, 0.1) is 13.1 Å². The van der Waals surface area contributed by atoms with Crippen molar-refractivity contribution < 1.29 is 29.1 Å². The Morgan fingerprint density at radius 3 is 2.71 bits per heavy atom. The van der Waals surface area contributed by atoms with Crippen LogP contribution < -0.4 is 9.39 Å². The summed E-state index contributed by atoms with van der Waals surface area (Å²) in [7, 11) is -1.01. The number of aromatic carboxylic acids is 1. The van der Waals surface area contributed by atoms with Gasteiger partial charge in [-0.1, -0.05) is 19.9 Å². The topological polar surface area (TPSA) is 96.3 Å². The second kappa shape index (κ2) is 6.99. The zero-order chi connectivity index (χ0) is 20.1. The number of carboxylic acid groups (broad SMARTS) is 1. The van der Waals surface area contributed by atoms with Gasteiger partial charge in [-0.25, -0.2) is 4.79 Å². The van der Waals surface area contributed by atoms with Gasteiger partial charge in [-0.2, -0.15) is 0 Å². The minimum Gasteiger partial charge on any atom is -0.535 e. The van der Waals surface area contributed by atoms with Crippen molar-refractivity contribution in [2.24, 2.45) is 11.3 Å². The van der Waals surface area contributed by atoms with Gasteiger partial charge in [-0.3, -0.25) is 4.79 Å². The van der Waals surface area contributed by atoms with Crippen LogP contribution in [0.15, 0.2) is 12.1 Å². The lowest BCUT2D eigenvalue weighted by Gasteiger charge is -2.40. The minimum atomic E-state index is -1.15. The smallest absolute Gasteiger partial charge is 0.522 e. The van der Waals surface area contributed by atoms with Crippen molar-refractivity contribution in [2.75, 3.05) is 13.1 Å². The van der Waals surface area contributed by atoms with Gasteiger partial charge in [0.25, 0.3) is 0 Å². The van der Waals surface area contributed by atoms with Crippen molar-refractivity contribution in [1.29, 1.82) is 0 Å². The Hall–Kier alpha value is -2.22. The number of carboxylic acids is 1. The molecule has 2 N–H and O–H groups in total. The monoisotopic (exact) mass is 387 g/mol. The molecule has 0 bridgehead atoms. The first-order chi connectivity index (χ1) is 13.2. The van der Waals surface area contributed by atoms with Gasteiger partial charge in [0.15, 0.2) is 0 Å². The van der Waals surface area contributed by atoms with Crippen molar-refractivity contribution in [3.05, 3.63) is 23.3 Å². The highest BCUT2D eigenvalue weighted by molar-refractivity contribution is 6.44. The van der Waals surface area contributed by atoms with E-state index in [1.54, 1.807) is 17.0 Å². The predicted octanol–water partition coefficient (Wildman–Crippen LogP) is 2.22. The Labute approximate surface area is 164 Å².